The lowest BCUT2D eigenvalue weighted by molar-refractivity contribution is 0.0790. The van der Waals surface area contributed by atoms with E-state index in [0.29, 0.717) is 12.5 Å². The number of likely N-dealkylation sites (N-methyl/N-ethyl adjacent to an activating group) is 1. The lowest BCUT2D eigenvalue weighted by Gasteiger charge is -2.30. The summed E-state index contributed by atoms with van der Waals surface area (Å²) in [6.45, 7) is 13.2. The topological polar surface area (TPSA) is 50.5 Å². The predicted molar refractivity (Wildman–Crippen MR) is 86.1 cm³/mol. The first kappa shape index (κ1) is 16.8. The zero-order valence-electron chi connectivity index (χ0n) is 13.4. The molecule has 1 rings (SSSR count). The van der Waals surface area contributed by atoms with Gasteiger partial charge in [0.05, 0.1) is 5.54 Å². The van der Waals surface area contributed by atoms with Crippen LogP contribution in [-0.4, -0.2) is 25.2 Å². The van der Waals surface area contributed by atoms with E-state index < -0.39 is 0 Å². The Kier molecular flexibility index (Phi) is 6.30. The average molecular weight is 279 g/mol. The van der Waals surface area contributed by atoms with Crippen molar-refractivity contribution in [3.05, 3.63) is 24.3 Å². The second-order valence-corrected chi connectivity index (χ2v) is 5.94. The molecule has 0 unspecified atom stereocenters. The highest BCUT2D eigenvalue weighted by Gasteiger charge is 2.22. The van der Waals surface area contributed by atoms with Crippen molar-refractivity contribution in [2.45, 2.75) is 40.2 Å². The van der Waals surface area contributed by atoms with E-state index in [1.54, 1.807) is 0 Å². The number of benzene rings is 1. The Morgan fingerprint density at radius 3 is 2.30 bits per heavy atom. The van der Waals surface area contributed by atoms with E-state index in [1.165, 1.54) is 5.69 Å². The number of hydrogen-bond donors (Lipinski definition) is 2. The van der Waals surface area contributed by atoms with E-state index in [2.05, 4.69) is 57.1 Å². The van der Waals surface area contributed by atoms with Crippen LogP contribution in [-0.2, 0) is 0 Å². The summed E-state index contributed by atoms with van der Waals surface area (Å²) in [5.74, 6) is 1.31. The molecule has 0 atom stereocenters. The molecular formula is C16H29N3O. The molecule has 0 amide bonds. The fourth-order valence-corrected chi connectivity index (χ4v) is 1.66. The van der Waals surface area contributed by atoms with Crippen molar-refractivity contribution in [3.8, 4) is 5.75 Å². The molecule has 114 valence electrons. The van der Waals surface area contributed by atoms with Crippen LogP contribution < -0.4 is 21.0 Å². The molecule has 0 spiro atoms. The zero-order chi connectivity index (χ0) is 15.2. The van der Waals surface area contributed by atoms with E-state index in [1.807, 2.05) is 12.1 Å². The number of nitrogens with one attached hydrogen (secondary N) is 1. The third-order valence-electron chi connectivity index (χ3n) is 3.86. The summed E-state index contributed by atoms with van der Waals surface area (Å²) >= 11 is 0. The first-order valence-corrected chi connectivity index (χ1v) is 7.39. The molecule has 20 heavy (non-hydrogen) atoms. The summed E-state index contributed by atoms with van der Waals surface area (Å²) in [5.41, 5.74) is 9.86. The molecule has 0 saturated carbocycles. The van der Waals surface area contributed by atoms with E-state index >= 15 is 0 Å². The van der Waals surface area contributed by atoms with Gasteiger partial charge in [-0.1, -0.05) is 13.8 Å². The van der Waals surface area contributed by atoms with Crippen LogP contribution in [0.3, 0.4) is 0 Å². The van der Waals surface area contributed by atoms with Crippen LogP contribution in [0.15, 0.2) is 24.3 Å². The molecule has 0 aliphatic rings. The summed E-state index contributed by atoms with van der Waals surface area (Å²) in [5, 5.41) is 0. The SMILES string of the molecule is CCN(CCN)c1ccc(ONC(C)(C)C(C)C)cc1. The second-order valence-electron chi connectivity index (χ2n) is 5.94. The van der Waals surface area contributed by atoms with Gasteiger partial charge in [-0.15, -0.1) is 0 Å². The molecule has 0 aliphatic carbocycles. The summed E-state index contributed by atoms with van der Waals surface area (Å²) < 4.78 is 0. The van der Waals surface area contributed by atoms with Gasteiger partial charge >= 0.3 is 0 Å². The molecule has 0 saturated heterocycles. The standard InChI is InChI=1S/C16H29N3O/c1-6-19(12-11-17)14-7-9-15(10-8-14)20-18-16(4,5)13(2)3/h7-10,13,18H,6,11-12,17H2,1-5H3. The highest BCUT2D eigenvalue weighted by Crippen LogP contribution is 2.20. The molecule has 1 aromatic carbocycles. The van der Waals surface area contributed by atoms with Gasteiger partial charge < -0.3 is 15.5 Å². The number of hydrogen-bond acceptors (Lipinski definition) is 4. The lowest BCUT2D eigenvalue weighted by atomic mass is 9.92. The zero-order valence-corrected chi connectivity index (χ0v) is 13.4. The largest absolute Gasteiger partial charge is 0.408 e. The second kappa shape index (κ2) is 7.50. The van der Waals surface area contributed by atoms with Gasteiger partial charge in [-0.2, -0.15) is 5.48 Å². The van der Waals surface area contributed by atoms with Crippen molar-refractivity contribution >= 4 is 5.69 Å². The minimum Gasteiger partial charge on any atom is -0.408 e. The number of rotatable bonds is 8. The molecule has 0 aliphatic heterocycles. The maximum atomic E-state index is 5.67. The lowest BCUT2D eigenvalue weighted by Crippen LogP contribution is -2.45. The molecule has 4 nitrogen and oxygen atoms in total. The molecule has 0 aromatic heterocycles. The fourth-order valence-electron chi connectivity index (χ4n) is 1.66. The monoisotopic (exact) mass is 279 g/mol. The van der Waals surface area contributed by atoms with Gasteiger partial charge in [-0.3, -0.25) is 0 Å². The van der Waals surface area contributed by atoms with Gasteiger partial charge in [0.25, 0.3) is 0 Å². The third kappa shape index (κ3) is 4.69. The summed E-state index contributed by atoms with van der Waals surface area (Å²) in [7, 11) is 0. The molecule has 1 aromatic rings. The minimum absolute atomic E-state index is 0.0618. The van der Waals surface area contributed by atoms with Crippen molar-refractivity contribution in [3.63, 3.8) is 0 Å². The van der Waals surface area contributed by atoms with Gasteiger partial charge in [0.2, 0.25) is 0 Å². The Labute approximate surface area is 123 Å². The molecule has 4 heteroatoms. The van der Waals surface area contributed by atoms with E-state index in [-0.39, 0.29) is 5.54 Å². The maximum Gasteiger partial charge on any atom is 0.147 e. The van der Waals surface area contributed by atoms with Crippen LogP contribution in [0.4, 0.5) is 5.69 Å². The van der Waals surface area contributed by atoms with Crippen molar-refractivity contribution in [1.29, 1.82) is 0 Å². The van der Waals surface area contributed by atoms with Crippen LogP contribution >= 0.6 is 0 Å². The van der Waals surface area contributed by atoms with Crippen molar-refractivity contribution in [2.75, 3.05) is 24.5 Å². The van der Waals surface area contributed by atoms with Crippen molar-refractivity contribution in [2.24, 2.45) is 11.7 Å². The van der Waals surface area contributed by atoms with Gasteiger partial charge in [0, 0.05) is 25.3 Å². The number of nitrogens with zero attached hydrogens (tertiary/aromatic N) is 1. The quantitative estimate of drug-likeness (QED) is 0.718. The average Bonchev–Trinajstić information content (AvgIpc) is 2.43. The Balaban J connectivity index is 2.63. The van der Waals surface area contributed by atoms with Gasteiger partial charge in [0.15, 0.2) is 0 Å². The molecule has 3 N–H and O–H groups in total. The Hall–Kier alpha value is -1.26. The molecule has 0 bridgehead atoms. The molecule has 0 fully saturated rings. The molecule has 0 heterocycles. The van der Waals surface area contributed by atoms with Crippen molar-refractivity contribution in [1.82, 2.24) is 5.48 Å². The highest BCUT2D eigenvalue weighted by atomic mass is 16.6. The van der Waals surface area contributed by atoms with Crippen molar-refractivity contribution < 1.29 is 4.84 Å². The highest BCUT2D eigenvalue weighted by molar-refractivity contribution is 5.48. The van der Waals surface area contributed by atoms with Crippen LogP contribution in [0.25, 0.3) is 0 Å². The third-order valence-corrected chi connectivity index (χ3v) is 3.86. The van der Waals surface area contributed by atoms with Gasteiger partial charge in [0.1, 0.15) is 5.75 Å². The summed E-state index contributed by atoms with van der Waals surface area (Å²) in [6, 6.07) is 8.10. The van der Waals surface area contributed by atoms with Crippen LogP contribution in [0.1, 0.15) is 34.6 Å². The van der Waals surface area contributed by atoms with Crippen LogP contribution in [0, 0.1) is 5.92 Å². The minimum atomic E-state index is -0.0618. The van der Waals surface area contributed by atoms with E-state index in [0.717, 1.165) is 18.8 Å². The smallest absolute Gasteiger partial charge is 0.147 e. The first-order valence-electron chi connectivity index (χ1n) is 7.39. The predicted octanol–water partition coefficient (Wildman–Crippen LogP) is 2.79. The van der Waals surface area contributed by atoms with Crippen LogP contribution in [0.5, 0.6) is 5.75 Å². The Morgan fingerprint density at radius 2 is 1.85 bits per heavy atom. The Morgan fingerprint density at radius 1 is 1.25 bits per heavy atom. The van der Waals surface area contributed by atoms with Gasteiger partial charge in [-0.25, -0.2) is 0 Å². The summed E-state index contributed by atoms with van der Waals surface area (Å²) in [4.78, 5) is 7.91. The van der Waals surface area contributed by atoms with E-state index in [9.17, 15) is 0 Å². The van der Waals surface area contributed by atoms with E-state index in [4.69, 9.17) is 10.6 Å². The normalized spacial score (nSPS) is 11.8. The Bertz CT molecular complexity index is 387. The van der Waals surface area contributed by atoms with Crippen LogP contribution in [0.2, 0.25) is 0 Å². The molecular weight excluding hydrogens is 250 g/mol. The first-order chi connectivity index (χ1) is 9.40. The molecule has 0 radical (unpaired) electrons. The maximum absolute atomic E-state index is 5.67. The fraction of sp³-hybridized carbons (Fsp3) is 0.625. The van der Waals surface area contributed by atoms with Gasteiger partial charge in [-0.05, 0) is 51.0 Å². The summed E-state index contributed by atoms with van der Waals surface area (Å²) in [6.07, 6.45) is 0. The number of nitrogens with two attached hydrogens (primary N) is 1. The number of hydroxylamine groups is 1. The number of anilines is 1.